The Morgan fingerprint density at radius 3 is 2.72 bits per heavy atom. The predicted octanol–water partition coefficient (Wildman–Crippen LogP) is 2.91. The van der Waals surface area contributed by atoms with Crippen LogP contribution in [0, 0.1) is 0 Å². The fraction of sp³-hybridized carbons (Fsp3) is 0.125. The van der Waals surface area contributed by atoms with Crippen molar-refractivity contribution in [3.8, 4) is 10.8 Å². The molecule has 0 fully saturated rings. The number of amides is 2. The van der Waals surface area contributed by atoms with Crippen molar-refractivity contribution in [3.05, 3.63) is 53.2 Å². The van der Waals surface area contributed by atoms with Crippen molar-refractivity contribution in [3.63, 3.8) is 0 Å². The quantitative estimate of drug-likeness (QED) is 0.679. The first kappa shape index (κ1) is 16.7. The summed E-state index contributed by atoms with van der Waals surface area (Å²) in [5.41, 5.74) is 0.943. The highest BCUT2D eigenvalue weighted by atomic mass is 32.1. The highest BCUT2D eigenvalue weighted by molar-refractivity contribution is 7.13. The number of benzene rings is 1. The first-order valence-electron chi connectivity index (χ1n) is 7.25. The lowest BCUT2D eigenvalue weighted by Gasteiger charge is -2.06. The van der Waals surface area contributed by atoms with Gasteiger partial charge in [0.05, 0.1) is 24.1 Å². The van der Waals surface area contributed by atoms with Crippen molar-refractivity contribution in [1.82, 2.24) is 15.5 Å². The maximum atomic E-state index is 11.9. The van der Waals surface area contributed by atoms with Gasteiger partial charge in [-0.1, -0.05) is 11.2 Å². The monoisotopic (exact) mass is 358 g/mol. The van der Waals surface area contributed by atoms with E-state index in [4.69, 9.17) is 4.52 Å². The Bertz CT molecular complexity index is 859. The zero-order valence-corrected chi connectivity index (χ0v) is 14.0. The molecule has 3 aromatic rings. The van der Waals surface area contributed by atoms with E-state index in [9.17, 15) is 9.59 Å². The molecule has 0 aliphatic heterocycles. The van der Waals surface area contributed by atoms with Crippen molar-refractivity contribution in [2.75, 3.05) is 12.4 Å². The summed E-state index contributed by atoms with van der Waals surface area (Å²) in [6.45, 7) is 0.126. The summed E-state index contributed by atoms with van der Waals surface area (Å²) in [5, 5.41) is 11.0. The molecule has 0 radical (unpaired) electrons. The molecular weight excluding hydrogens is 344 g/mol. The maximum Gasteiger partial charge on any atom is 0.337 e. The van der Waals surface area contributed by atoms with Gasteiger partial charge in [0.25, 0.3) is 5.89 Å². The Labute approximate surface area is 146 Å². The van der Waals surface area contributed by atoms with Gasteiger partial charge in [-0.15, -0.1) is 11.3 Å². The Morgan fingerprint density at radius 2 is 2.04 bits per heavy atom. The van der Waals surface area contributed by atoms with Gasteiger partial charge in [-0.05, 0) is 35.7 Å². The highest BCUT2D eigenvalue weighted by Crippen LogP contribution is 2.22. The summed E-state index contributed by atoms with van der Waals surface area (Å²) in [6.07, 6.45) is 0. The van der Waals surface area contributed by atoms with Gasteiger partial charge in [-0.25, -0.2) is 9.59 Å². The lowest BCUT2D eigenvalue weighted by Crippen LogP contribution is -2.28. The van der Waals surface area contributed by atoms with Crippen molar-refractivity contribution < 1.29 is 18.8 Å². The number of urea groups is 1. The first-order valence-corrected chi connectivity index (χ1v) is 8.13. The van der Waals surface area contributed by atoms with Gasteiger partial charge in [0.15, 0.2) is 5.82 Å². The summed E-state index contributed by atoms with van der Waals surface area (Å²) in [6, 6.07) is 9.68. The molecule has 2 heterocycles. The van der Waals surface area contributed by atoms with E-state index in [1.165, 1.54) is 18.4 Å². The number of aromatic nitrogens is 2. The molecule has 0 bridgehead atoms. The Hall–Kier alpha value is -3.20. The van der Waals surface area contributed by atoms with E-state index < -0.39 is 12.0 Å². The average Bonchev–Trinajstić information content (AvgIpc) is 3.31. The topological polar surface area (TPSA) is 106 Å². The fourth-order valence-corrected chi connectivity index (χ4v) is 2.61. The van der Waals surface area contributed by atoms with E-state index in [1.807, 2.05) is 17.5 Å². The maximum absolute atomic E-state index is 11.9. The Kier molecular flexibility index (Phi) is 5.05. The summed E-state index contributed by atoms with van der Waals surface area (Å²) in [5.74, 6) is 0.361. The minimum absolute atomic E-state index is 0.126. The van der Waals surface area contributed by atoms with Gasteiger partial charge in [-0.3, -0.25) is 0 Å². The molecule has 128 valence electrons. The van der Waals surface area contributed by atoms with Crippen LogP contribution in [0.3, 0.4) is 0 Å². The average molecular weight is 358 g/mol. The molecule has 0 saturated carbocycles. The van der Waals surface area contributed by atoms with Crippen LogP contribution in [0.25, 0.3) is 10.8 Å². The second kappa shape index (κ2) is 7.58. The molecule has 2 amide bonds. The van der Waals surface area contributed by atoms with Crippen molar-refractivity contribution in [2.24, 2.45) is 0 Å². The number of thiophene rings is 1. The van der Waals surface area contributed by atoms with Crippen LogP contribution < -0.4 is 10.6 Å². The van der Waals surface area contributed by atoms with Crippen molar-refractivity contribution in [1.29, 1.82) is 0 Å². The zero-order chi connectivity index (χ0) is 17.6. The largest absolute Gasteiger partial charge is 0.465 e. The van der Waals surface area contributed by atoms with Crippen LogP contribution in [0.4, 0.5) is 10.5 Å². The number of anilines is 1. The molecular formula is C16H14N4O4S. The predicted molar refractivity (Wildman–Crippen MR) is 91.3 cm³/mol. The van der Waals surface area contributed by atoms with E-state index in [0.717, 1.165) is 4.88 Å². The van der Waals surface area contributed by atoms with E-state index in [1.54, 1.807) is 24.3 Å². The molecule has 0 aliphatic carbocycles. The number of carbonyl (C=O) groups excluding carboxylic acids is 2. The third kappa shape index (κ3) is 4.21. The van der Waals surface area contributed by atoms with Crippen LogP contribution in [0.2, 0.25) is 0 Å². The van der Waals surface area contributed by atoms with Crippen LogP contribution in [0.1, 0.15) is 16.2 Å². The molecule has 1 aromatic carbocycles. The molecule has 0 aliphatic rings. The summed E-state index contributed by atoms with van der Waals surface area (Å²) >= 11 is 1.49. The van der Waals surface area contributed by atoms with E-state index in [-0.39, 0.29) is 6.54 Å². The molecule has 0 saturated heterocycles. The van der Waals surface area contributed by atoms with Gasteiger partial charge < -0.3 is 19.9 Å². The fourth-order valence-electron chi connectivity index (χ4n) is 1.97. The van der Waals surface area contributed by atoms with Crippen LogP contribution >= 0.6 is 11.3 Å². The van der Waals surface area contributed by atoms with Gasteiger partial charge in [0, 0.05) is 5.69 Å². The lowest BCUT2D eigenvalue weighted by atomic mass is 10.2. The van der Waals surface area contributed by atoms with E-state index >= 15 is 0 Å². The van der Waals surface area contributed by atoms with Crippen LogP contribution in [0.5, 0.6) is 0 Å². The molecule has 2 N–H and O–H groups in total. The highest BCUT2D eigenvalue weighted by Gasteiger charge is 2.11. The van der Waals surface area contributed by atoms with Crippen molar-refractivity contribution in [2.45, 2.75) is 6.54 Å². The number of carbonyl (C=O) groups is 2. The number of methoxy groups -OCH3 is 1. The van der Waals surface area contributed by atoms with Crippen molar-refractivity contribution >= 4 is 29.0 Å². The third-order valence-corrected chi connectivity index (χ3v) is 4.03. The number of hydrogen-bond donors (Lipinski definition) is 2. The molecule has 25 heavy (non-hydrogen) atoms. The van der Waals surface area contributed by atoms with Gasteiger partial charge in [0.1, 0.15) is 0 Å². The number of rotatable bonds is 5. The standard InChI is InChI=1S/C16H14N4O4S/c1-23-15(21)10-4-6-11(7-5-10)18-16(22)17-9-13-19-14(24-20-13)12-3-2-8-25-12/h2-8H,9H2,1H3,(H2,17,18,22). The molecule has 0 spiro atoms. The van der Waals surface area contributed by atoms with Crippen LogP contribution in [-0.2, 0) is 11.3 Å². The summed E-state index contributed by atoms with van der Waals surface area (Å²) in [4.78, 5) is 28.3. The second-order valence-electron chi connectivity index (χ2n) is 4.87. The van der Waals surface area contributed by atoms with Gasteiger partial charge in [0.2, 0.25) is 0 Å². The number of nitrogens with zero attached hydrogens (tertiary/aromatic N) is 2. The first-order chi connectivity index (χ1) is 12.2. The minimum Gasteiger partial charge on any atom is -0.465 e. The molecule has 2 aromatic heterocycles. The summed E-state index contributed by atoms with van der Waals surface area (Å²) < 4.78 is 9.75. The van der Waals surface area contributed by atoms with E-state index in [0.29, 0.717) is 23.0 Å². The number of hydrogen-bond acceptors (Lipinski definition) is 7. The smallest absolute Gasteiger partial charge is 0.337 e. The lowest BCUT2D eigenvalue weighted by molar-refractivity contribution is 0.0600. The van der Waals surface area contributed by atoms with E-state index in [2.05, 4.69) is 25.5 Å². The summed E-state index contributed by atoms with van der Waals surface area (Å²) in [7, 11) is 1.31. The van der Waals surface area contributed by atoms with Gasteiger partial charge in [-0.2, -0.15) is 4.98 Å². The zero-order valence-electron chi connectivity index (χ0n) is 13.2. The number of esters is 1. The SMILES string of the molecule is COC(=O)c1ccc(NC(=O)NCc2noc(-c3cccs3)n2)cc1. The second-order valence-corrected chi connectivity index (χ2v) is 5.82. The normalized spacial score (nSPS) is 10.3. The molecule has 8 nitrogen and oxygen atoms in total. The Balaban J connectivity index is 1.52. The van der Waals surface area contributed by atoms with Crippen LogP contribution in [0.15, 0.2) is 46.3 Å². The Morgan fingerprint density at radius 1 is 1.24 bits per heavy atom. The number of ether oxygens (including phenoxy) is 1. The number of nitrogens with one attached hydrogen (secondary N) is 2. The third-order valence-electron chi connectivity index (χ3n) is 3.17. The molecule has 0 atom stereocenters. The van der Waals surface area contributed by atoms with Crippen LogP contribution in [-0.4, -0.2) is 29.3 Å². The molecule has 0 unspecified atom stereocenters. The molecule has 3 rings (SSSR count). The molecule has 9 heteroatoms. The minimum atomic E-state index is -0.436. The van der Waals surface area contributed by atoms with Gasteiger partial charge >= 0.3 is 12.0 Å².